The Labute approximate surface area is 177 Å². The van der Waals surface area contributed by atoms with E-state index >= 15 is 0 Å². The van der Waals surface area contributed by atoms with Gasteiger partial charge in [-0.25, -0.2) is 0 Å². The number of piperidine rings is 1. The van der Waals surface area contributed by atoms with Gasteiger partial charge in [-0.1, -0.05) is 48.9 Å². The number of hydrogen-bond donors (Lipinski definition) is 0. The van der Waals surface area contributed by atoms with Gasteiger partial charge in [-0.3, -0.25) is 9.59 Å². The maximum Gasteiger partial charge on any atom is 0.253 e. The maximum atomic E-state index is 13.2. The lowest BCUT2D eigenvalue weighted by molar-refractivity contribution is -0.125. The highest BCUT2D eigenvalue weighted by atomic mass is 16.3. The summed E-state index contributed by atoms with van der Waals surface area (Å²) in [4.78, 5) is 28.1. The van der Waals surface area contributed by atoms with Crippen LogP contribution in [-0.2, 0) is 4.79 Å². The molecule has 0 bridgehead atoms. The van der Waals surface area contributed by atoms with Crippen LogP contribution in [0.5, 0.6) is 0 Å². The number of carbonyl (C=O) groups excluding carboxylic acids is 2. The third-order valence-corrected chi connectivity index (χ3v) is 6.03. The summed E-state index contributed by atoms with van der Waals surface area (Å²) in [5.41, 5.74) is 3.73. The average molecular weight is 402 g/mol. The summed E-state index contributed by atoms with van der Waals surface area (Å²) in [6.07, 6.45) is 3.31. The maximum absolute atomic E-state index is 13.2. The standard InChI is InChI=1S/C26H27NO3/c1-18-10-12-20(13-11-18)19(2)25(28)23-8-4-14-27(17-23)26(29)22-7-3-6-21(16-22)24-9-5-15-30-24/h3,5-7,9-13,15-16,19,23H,4,8,14,17H2,1-2H3. The second-order valence-corrected chi connectivity index (χ2v) is 8.18. The average Bonchev–Trinajstić information content (AvgIpc) is 3.33. The van der Waals surface area contributed by atoms with Crippen molar-refractivity contribution in [1.29, 1.82) is 0 Å². The number of likely N-dealkylation sites (tertiary alicyclic amines) is 1. The molecule has 4 heteroatoms. The van der Waals surface area contributed by atoms with Crippen molar-refractivity contribution >= 4 is 11.7 Å². The monoisotopic (exact) mass is 401 g/mol. The van der Waals surface area contributed by atoms with E-state index in [9.17, 15) is 9.59 Å². The lowest BCUT2D eigenvalue weighted by atomic mass is 9.84. The summed E-state index contributed by atoms with van der Waals surface area (Å²) in [6.45, 7) is 5.19. The summed E-state index contributed by atoms with van der Waals surface area (Å²) >= 11 is 0. The summed E-state index contributed by atoms with van der Waals surface area (Å²) in [7, 11) is 0. The number of Topliss-reactive ketones (excluding diaryl/α,β-unsaturated/α-hetero) is 1. The van der Waals surface area contributed by atoms with E-state index in [1.165, 1.54) is 5.56 Å². The zero-order chi connectivity index (χ0) is 21.1. The molecule has 0 N–H and O–H groups in total. The van der Waals surface area contributed by atoms with E-state index in [2.05, 4.69) is 0 Å². The molecule has 4 nitrogen and oxygen atoms in total. The topological polar surface area (TPSA) is 50.5 Å². The lowest BCUT2D eigenvalue weighted by Gasteiger charge is -2.33. The van der Waals surface area contributed by atoms with Crippen LogP contribution in [0.15, 0.2) is 71.3 Å². The lowest BCUT2D eigenvalue weighted by Crippen LogP contribution is -2.43. The van der Waals surface area contributed by atoms with Gasteiger partial charge in [-0.15, -0.1) is 0 Å². The quantitative estimate of drug-likeness (QED) is 0.569. The largest absolute Gasteiger partial charge is 0.464 e. The molecular formula is C26H27NO3. The van der Waals surface area contributed by atoms with Crippen molar-refractivity contribution in [2.24, 2.45) is 5.92 Å². The molecule has 0 spiro atoms. The molecule has 154 valence electrons. The number of furan rings is 1. The van der Waals surface area contributed by atoms with Crippen LogP contribution in [0, 0.1) is 12.8 Å². The number of amides is 1. The molecule has 4 rings (SSSR count). The molecule has 30 heavy (non-hydrogen) atoms. The number of aryl methyl sites for hydroxylation is 1. The number of hydrogen-bond acceptors (Lipinski definition) is 3. The van der Waals surface area contributed by atoms with Gasteiger partial charge in [0.05, 0.1) is 6.26 Å². The minimum atomic E-state index is -0.159. The highest BCUT2D eigenvalue weighted by molar-refractivity contribution is 5.96. The van der Waals surface area contributed by atoms with Crippen LogP contribution in [-0.4, -0.2) is 29.7 Å². The Morgan fingerprint density at radius 1 is 1.07 bits per heavy atom. The van der Waals surface area contributed by atoms with E-state index in [1.807, 2.05) is 79.4 Å². The Hall–Kier alpha value is -3.14. The van der Waals surface area contributed by atoms with Crippen molar-refractivity contribution in [3.63, 3.8) is 0 Å². The molecule has 2 heterocycles. The molecule has 1 fully saturated rings. The first-order chi connectivity index (χ1) is 14.5. The third-order valence-electron chi connectivity index (χ3n) is 6.03. The van der Waals surface area contributed by atoms with Crippen molar-refractivity contribution in [3.05, 3.63) is 83.6 Å². The van der Waals surface area contributed by atoms with Crippen molar-refractivity contribution in [1.82, 2.24) is 4.90 Å². The van der Waals surface area contributed by atoms with Crippen molar-refractivity contribution in [3.8, 4) is 11.3 Å². The zero-order valence-electron chi connectivity index (χ0n) is 17.5. The van der Waals surface area contributed by atoms with Crippen molar-refractivity contribution in [2.45, 2.75) is 32.6 Å². The number of rotatable bonds is 5. The van der Waals surface area contributed by atoms with Gasteiger partial charge >= 0.3 is 0 Å². The minimum absolute atomic E-state index is 0.0242. The first-order valence-corrected chi connectivity index (χ1v) is 10.6. The van der Waals surface area contributed by atoms with E-state index in [4.69, 9.17) is 4.42 Å². The van der Waals surface area contributed by atoms with Crippen LogP contribution in [0.25, 0.3) is 11.3 Å². The SMILES string of the molecule is Cc1ccc(C(C)C(=O)C2CCCN(C(=O)c3cccc(-c4ccco4)c3)C2)cc1. The molecule has 1 amide bonds. The van der Waals surface area contributed by atoms with Crippen LogP contribution < -0.4 is 0 Å². The summed E-state index contributed by atoms with van der Waals surface area (Å²) in [5.74, 6) is 0.660. The zero-order valence-corrected chi connectivity index (χ0v) is 17.5. The molecule has 0 saturated carbocycles. The second-order valence-electron chi connectivity index (χ2n) is 8.18. The predicted molar refractivity (Wildman–Crippen MR) is 117 cm³/mol. The second kappa shape index (κ2) is 8.70. The van der Waals surface area contributed by atoms with Gasteiger partial charge in [0.15, 0.2) is 0 Å². The van der Waals surface area contributed by atoms with Crippen LogP contribution in [0.3, 0.4) is 0 Å². The van der Waals surface area contributed by atoms with Crippen LogP contribution in [0.2, 0.25) is 0 Å². The molecule has 2 unspecified atom stereocenters. The minimum Gasteiger partial charge on any atom is -0.464 e. The van der Waals surface area contributed by atoms with Gasteiger partial charge in [-0.05, 0) is 49.6 Å². The normalized spacial score (nSPS) is 17.5. The third kappa shape index (κ3) is 4.23. The molecule has 2 atom stereocenters. The van der Waals surface area contributed by atoms with E-state index in [1.54, 1.807) is 6.26 Å². The molecular weight excluding hydrogens is 374 g/mol. The number of benzene rings is 2. The smallest absolute Gasteiger partial charge is 0.253 e. The molecule has 2 aromatic carbocycles. The highest BCUT2D eigenvalue weighted by Crippen LogP contribution is 2.28. The Balaban J connectivity index is 1.47. The van der Waals surface area contributed by atoms with Crippen LogP contribution in [0.4, 0.5) is 0 Å². The van der Waals surface area contributed by atoms with Gasteiger partial charge in [-0.2, -0.15) is 0 Å². The van der Waals surface area contributed by atoms with E-state index < -0.39 is 0 Å². The molecule has 1 aliphatic heterocycles. The van der Waals surface area contributed by atoms with Gasteiger partial charge < -0.3 is 9.32 Å². The molecule has 0 aliphatic carbocycles. The highest BCUT2D eigenvalue weighted by Gasteiger charge is 2.31. The molecule has 1 saturated heterocycles. The van der Waals surface area contributed by atoms with Gasteiger partial charge in [0.25, 0.3) is 5.91 Å². The van der Waals surface area contributed by atoms with Gasteiger partial charge in [0.2, 0.25) is 0 Å². The molecule has 3 aromatic rings. The number of ketones is 1. The molecule has 1 aromatic heterocycles. The number of carbonyl (C=O) groups is 2. The summed E-state index contributed by atoms with van der Waals surface area (Å²) < 4.78 is 5.45. The van der Waals surface area contributed by atoms with Gasteiger partial charge in [0.1, 0.15) is 11.5 Å². The van der Waals surface area contributed by atoms with E-state index in [0.717, 1.165) is 29.7 Å². The van der Waals surface area contributed by atoms with Crippen molar-refractivity contribution in [2.75, 3.05) is 13.1 Å². The summed E-state index contributed by atoms with van der Waals surface area (Å²) in [6, 6.07) is 19.4. The van der Waals surface area contributed by atoms with Crippen LogP contribution in [0.1, 0.15) is 47.2 Å². The first kappa shape index (κ1) is 20.1. The fourth-order valence-corrected chi connectivity index (χ4v) is 4.20. The Morgan fingerprint density at radius 3 is 2.60 bits per heavy atom. The Bertz CT molecular complexity index is 1020. The molecule has 0 radical (unpaired) electrons. The first-order valence-electron chi connectivity index (χ1n) is 10.6. The number of nitrogens with zero attached hydrogens (tertiary/aromatic N) is 1. The van der Waals surface area contributed by atoms with Gasteiger partial charge in [0, 0.05) is 36.1 Å². The Morgan fingerprint density at radius 2 is 1.87 bits per heavy atom. The fourth-order valence-electron chi connectivity index (χ4n) is 4.20. The fraction of sp³-hybridized carbons (Fsp3) is 0.308. The van der Waals surface area contributed by atoms with E-state index in [-0.39, 0.29) is 23.5 Å². The molecule has 1 aliphatic rings. The van der Waals surface area contributed by atoms with Crippen LogP contribution >= 0.6 is 0 Å². The predicted octanol–water partition coefficient (Wildman–Crippen LogP) is 5.48. The Kier molecular flexibility index (Phi) is 5.84. The summed E-state index contributed by atoms with van der Waals surface area (Å²) in [5, 5.41) is 0. The van der Waals surface area contributed by atoms with E-state index in [0.29, 0.717) is 18.7 Å². The van der Waals surface area contributed by atoms with Crippen molar-refractivity contribution < 1.29 is 14.0 Å².